The third-order valence-corrected chi connectivity index (χ3v) is 4.90. The quantitative estimate of drug-likeness (QED) is 0.367. The van der Waals surface area contributed by atoms with Crippen LogP contribution in [0.4, 0.5) is 18.9 Å². The Morgan fingerprint density at radius 3 is 2.71 bits per heavy atom. The van der Waals surface area contributed by atoms with Crippen LogP contribution in [0, 0.1) is 31.3 Å². The van der Waals surface area contributed by atoms with Gasteiger partial charge in [0.15, 0.2) is 22.6 Å². The molecule has 1 heterocycles. The molecule has 2 aromatic carbocycles. The molecule has 0 aliphatic heterocycles. The molecule has 3 rings (SSSR count). The van der Waals surface area contributed by atoms with E-state index in [1.165, 1.54) is 11.8 Å². The summed E-state index contributed by atoms with van der Waals surface area (Å²) in [6.07, 6.45) is 3.44. The van der Waals surface area contributed by atoms with Crippen LogP contribution >= 0.6 is 11.8 Å². The summed E-state index contributed by atoms with van der Waals surface area (Å²) in [4.78, 5) is 16.3. The summed E-state index contributed by atoms with van der Waals surface area (Å²) in [7, 11) is 0. The van der Waals surface area contributed by atoms with Crippen LogP contribution in [0.1, 0.15) is 11.1 Å². The molecule has 0 bridgehead atoms. The van der Waals surface area contributed by atoms with E-state index in [0.29, 0.717) is 5.16 Å². The van der Waals surface area contributed by atoms with Gasteiger partial charge >= 0.3 is 0 Å². The summed E-state index contributed by atoms with van der Waals surface area (Å²) in [6.45, 7) is 3.97. The number of rotatable bonds is 6. The molecule has 0 saturated heterocycles. The molecule has 1 aromatic heterocycles. The number of imidazole rings is 1. The number of nitrogens with zero attached hydrogens (tertiary/aromatic N) is 2. The van der Waals surface area contributed by atoms with E-state index in [1.54, 1.807) is 12.4 Å². The Hall–Kier alpha value is -2.94. The Morgan fingerprint density at radius 2 is 1.93 bits per heavy atom. The lowest BCUT2D eigenvalue weighted by Gasteiger charge is -2.12. The summed E-state index contributed by atoms with van der Waals surface area (Å²) in [5.74, 6) is -4.81. The highest BCUT2D eigenvalue weighted by molar-refractivity contribution is 7.99. The van der Waals surface area contributed by atoms with Gasteiger partial charge in [-0.2, -0.15) is 0 Å². The smallest absolute Gasteiger partial charge is 0.248 e. The number of benzene rings is 2. The van der Waals surface area contributed by atoms with E-state index in [2.05, 4.69) is 15.8 Å². The SMILES string of the molecule is Cc1ccc(C)c(-n2ccnc2SCC(=O)NNc2ccc(F)c(F)c2F)c1. The van der Waals surface area contributed by atoms with Gasteiger partial charge in [0.1, 0.15) is 0 Å². The van der Waals surface area contributed by atoms with E-state index in [1.807, 2.05) is 36.6 Å². The predicted molar refractivity (Wildman–Crippen MR) is 102 cm³/mol. The van der Waals surface area contributed by atoms with Gasteiger partial charge in [0.05, 0.1) is 17.1 Å². The van der Waals surface area contributed by atoms with Crippen molar-refractivity contribution in [1.82, 2.24) is 15.0 Å². The van der Waals surface area contributed by atoms with E-state index in [9.17, 15) is 18.0 Å². The van der Waals surface area contributed by atoms with Crippen LogP contribution in [-0.4, -0.2) is 21.2 Å². The first-order valence-corrected chi connectivity index (χ1v) is 9.27. The molecule has 1 amide bonds. The van der Waals surface area contributed by atoms with Gasteiger partial charge in [-0.15, -0.1) is 0 Å². The predicted octanol–water partition coefficient (Wildman–Crippen LogP) is 4.14. The third kappa shape index (κ3) is 4.30. The van der Waals surface area contributed by atoms with Crippen molar-refractivity contribution in [2.75, 3.05) is 11.2 Å². The minimum Gasteiger partial charge on any atom is -0.295 e. The molecule has 28 heavy (non-hydrogen) atoms. The average molecular weight is 406 g/mol. The molecular weight excluding hydrogens is 389 g/mol. The van der Waals surface area contributed by atoms with Crippen molar-refractivity contribution in [3.8, 4) is 5.69 Å². The zero-order valence-corrected chi connectivity index (χ0v) is 15.9. The van der Waals surface area contributed by atoms with E-state index in [4.69, 9.17) is 0 Å². The highest BCUT2D eigenvalue weighted by Crippen LogP contribution is 2.23. The lowest BCUT2D eigenvalue weighted by atomic mass is 10.1. The number of thioether (sulfide) groups is 1. The first-order valence-electron chi connectivity index (χ1n) is 8.29. The summed E-state index contributed by atoms with van der Waals surface area (Å²) in [5.41, 5.74) is 7.26. The van der Waals surface area contributed by atoms with Crippen molar-refractivity contribution in [2.45, 2.75) is 19.0 Å². The van der Waals surface area contributed by atoms with E-state index in [-0.39, 0.29) is 11.4 Å². The molecule has 146 valence electrons. The molecule has 2 N–H and O–H groups in total. The van der Waals surface area contributed by atoms with Crippen molar-refractivity contribution in [2.24, 2.45) is 0 Å². The lowest BCUT2D eigenvalue weighted by molar-refractivity contribution is -0.118. The third-order valence-electron chi connectivity index (χ3n) is 3.94. The number of anilines is 1. The maximum absolute atomic E-state index is 13.6. The number of halogens is 3. The van der Waals surface area contributed by atoms with Gasteiger partial charge in [0.25, 0.3) is 0 Å². The first-order chi connectivity index (χ1) is 13.4. The molecule has 0 atom stereocenters. The van der Waals surface area contributed by atoms with Crippen LogP contribution in [-0.2, 0) is 4.79 Å². The van der Waals surface area contributed by atoms with Gasteiger partial charge in [-0.3, -0.25) is 20.2 Å². The van der Waals surface area contributed by atoms with Gasteiger partial charge in [0, 0.05) is 12.4 Å². The molecule has 9 heteroatoms. The number of carbonyl (C=O) groups excluding carboxylic acids is 1. The van der Waals surface area contributed by atoms with Crippen molar-refractivity contribution in [1.29, 1.82) is 0 Å². The Morgan fingerprint density at radius 1 is 1.14 bits per heavy atom. The zero-order chi connectivity index (χ0) is 20.3. The van der Waals surface area contributed by atoms with Crippen LogP contribution in [0.5, 0.6) is 0 Å². The number of hydrazine groups is 1. The Kier molecular flexibility index (Phi) is 5.93. The Balaban J connectivity index is 1.63. The monoisotopic (exact) mass is 406 g/mol. The molecule has 3 aromatic rings. The molecule has 0 fully saturated rings. The molecule has 0 aliphatic rings. The van der Waals surface area contributed by atoms with E-state index >= 15 is 0 Å². The maximum Gasteiger partial charge on any atom is 0.248 e. The van der Waals surface area contributed by atoms with Crippen LogP contribution in [0.3, 0.4) is 0 Å². The van der Waals surface area contributed by atoms with Gasteiger partial charge in [-0.1, -0.05) is 23.9 Å². The van der Waals surface area contributed by atoms with Crippen molar-refractivity contribution in [3.63, 3.8) is 0 Å². The highest BCUT2D eigenvalue weighted by Gasteiger charge is 2.14. The Bertz CT molecular complexity index is 1020. The fourth-order valence-corrected chi connectivity index (χ4v) is 3.25. The van der Waals surface area contributed by atoms with Crippen LogP contribution in [0.25, 0.3) is 5.69 Å². The average Bonchev–Trinajstić information content (AvgIpc) is 3.14. The standard InChI is InChI=1S/C19H17F3N4OS/c1-11-3-4-12(2)15(9-11)26-8-7-23-19(26)28-10-16(27)25-24-14-6-5-13(20)17(21)18(14)22/h3-9,24H,10H2,1-2H3,(H,25,27). The molecular formula is C19H17F3N4OS. The fourth-order valence-electron chi connectivity index (χ4n) is 2.48. The number of amides is 1. The highest BCUT2D eigenvalue weighted by atomic mass is 32.2. The second kappa shape index (κ2) is 8.39. The lowest BCUT2D eigenvalue weighted by Crippen LogP contribution is -2.31. The number of hydrogen-bond donors (Lipinski definition) is 2. The topological polar surface area (TPSA) is 59.0 Å². The second-order valence-corrected chi connectivity index (χ2v) is 7.00. The number of hydrogen-bond acceptors (Lipinski definition) is 4. The molecule has 0 unspecified atom stereocenters. The van der Waals surface area contributed by atoms with E-state index in [0.717, 1.165) is 28.9 Å². The summed E-state index contributed by atoms with van der Waals surface area (Å²) in [5, 5.41) is 0.614. The molecule has 0 radical (unpaired) electrons. The van der Waals surface area contributed by atoms with Crippen LogP contribution in [0.15, 0.2) is 47.9 Å². The van der Waals surface area contributed by atoms with Gasteiger partial charge in [-0.25, -0.2) is 18.2 Å². The molecule has 0 saturated carbocycles. The van der Waals surface area contributed by atoms with E-state index < -0.39 is 23.4 Å². The summed E-state index contributed by atoms with van der Waals surface area (Å²) in [6, 6.07) is 7.80. The van der Waals surface area contributed by atoms with Gasteiger partial charge in [-0.05, 0) is 43.2 Å². The normalized spacial score (nSPS) is 10.8. The fraction of sp³-hybridized carbons (Fsp3) is 0.158. The van der Waals surface area contributed by atoms with Crippen molar-refractivity contribution in [3.05, 3.63) is 71.3 Å². The summed E-state index contributed by atoms with van der Waals surface area (Å²) < 4.78 is 41.6. The largest absolute Gasteiger partial charge is 0.295 e. The first kappa shape index (κ1) is 19.8. The van der Waals surface area contributed by atoms with Gasteiger partial charge < -0.3 is 0 Å². The Labute approximate surface area is 163 Å². The van der Waals surface area contributed by atoms with Crippen LogP contribution in [0.2, 0.25) is 0 Å². The number of aromatic nitrogens is 2. The number of nitrogens with one attached hydrogen (secondary N) is 2. The van der Waals surface area contributed by atoms with Crippen molar-refractivity contribution < 1.29 is 18.0 Å². The van der Waals surface area contributed by atoms with Crippen LogP contribution < -0.4 is 10.9 Å². The molecule has 0 aliphatic carbocycles. The maximum atomic E-state index is 13.6. The number of carbonyl (C=O) groups is 1. The minimum atomic E-state index is -1.61. The molecule has 5 nitrogen and oxygen atoms in total. The summed E-state index contributed by atoms with van der Waals surface area (Å²) >= 11 is 1.19. The van der Waals surface area contributed by atoms with Gasteiger partial charge in [0.2, 0.25) is 5.91 Å². The zero-order valence-electron chi connectivity index (χ0n) is 15.1. The minimum absolute atomic E-state index is 0.0137. The number of aryl methyl sites for hydroxylation is 2. The second-order valence-electron chi connectivity index (χ2n) is 6.05. The molecule has 0 spiro atoms. The van der Waals surface area contributed by atoms with Crippen molar-refractivity contribution >= 4 is 23.4 Å².